The Balaban J connectivity index is 1.94. The van der Waals surface area contributed by atoms with Gasteiger partial charge in [-0.3, -0.25) is 0 Å². The van der Waals surface area contributed by atoms with Gasteiger partial charge in [0.05, 0.1) is 0 Å². The van der Waals surface area contributed by atoms with Crippen LogP contribution in [0.4, 0.5) is 4.79 Å². The summed E-state index contributed by atoms with van der Waals surface area (Å²) >= 11 is 5.84. The second-order valence-electron chi connectivity index (χ2n) is 7.61. The zero-order valence-electron chi connectivity index (χ0n) is 16.2. The van der Waals surface area contributed by atoms with Crippen molar-refractivity contribution >= 4 is 33.8 Å². The average Bonchev–Trinajstić information content (AvgIpc) is 2.59. The van der Waals surface area contributed by atoms with E-state index in [2.05, 4.69) is 0 Å². The molecular formula is C19H27ClN2O4S. The molecule has 1 aliphatic rings. The van der Waals surface area contributed by atoms with E-state index >= 15 is 0 Å². The van der Waals surface area contributed by atoms with E-state index in [0.717, 1.165) is 5.56 Å². The maximum absolute atomic E-state index is 12.6. The molecule has 1 fully saturated rings. The van der Waals surface area contributed by atoms with E-state index in [-0.39, 0.29) is 12.1 Å². The molecule has 0 atom stereocenters. The first-order valence-corrected chi connectivity index (χ1v) is 10.8. The lowest BCUT2D eigenvalue weighted by molar-refractivity contribution is 0.0183. The van der Waals surface area contributed by atoms with Gasteiger partial charge >= 0.3 is 6.09 Å². The molecule has 0 saturated carbocycles. The van der Waals surface area contributed by atoms with Crippen molar-refractivity contribution in [1.29, 1.82) is 0 Å². The second-order valence-corrected chi connectivity index (χ2v) is 9.93. The SMILES string of the molecule is CN(C1CCN(C(=O)OC(C)(C)C)CC1)S(=O)(=O)C=Cc1ccc(Cl)cc1. The molecule has 0 bridgehead atoms. The third-order valence-electron chi connectivity index (χ3n) is 4.33. The largest absolute Gasteiger partial charge is 0.444 e. The van der Waals surface area contributed by atoms with Gasteiger partial charge in [-0.25, -0.2) is 13.2 Å². The Labute approximate surface area is 166 Å². The summed E-state index contributed by atoms with van der Waals surface area (Å²) < 4.78 is 31.9. The highest BCUT2D eigenvalue weighted by Crippen LogP contribution is 2.21. The number of carbonyl (C=O) groups is 1. The van der Waals surface area contributed by atoms with Gasteiger partial charge in [0.25, 0.3) is 0 Å². The van der Waals surface area contributed by atoms with E-state index < -0.39 is 15.6 Å². The van der Waals surface area contributed by atoms with Gasteiger partial charge < -0.3 is 9.64 Å². The molecule has 1 aromatic carbocycles. The van der Waals surface area contributed by atoms with Gasteiger partial charge in [0.15, 0.2) is 0 Å². The normalized spacial score (nSPS) is 16.9. The van der Waals surface area contributed by atoms with Gasteiger partial charge in [0.2, 0.25) is 10.0 Å². The number of nitrogens with zero attached hydrogens (tertiary/aromatic N) is 2. The molecule has 1 amide bonds. The summed E-state index contributed by atoms with van der Waals surface area (Å²) in [4.78, 5) is 13.8. The van der Waals surface area contributed by atoms with E-state index in [1.54, 1.807) is 42.3 Å². The van der Waals surface area contributed by atoms with Crippen molar-refractivity contribution in [2.45, 2.75) is 45.3 Å². The summed E-state index contributed by atoms with van der Waals surface area (Å²) in [6, 6.07) is 6.79. The number of ether oxygens (including phenoxy) is 1. The van der Waals surface area contributed by atoms with E-state index in [1.165, 1.54) is 9.71 Å². The number of piperidine rings is 1. The van der Waals surface area contributed by atoms with Gasteiger partial charge in [0.1, 0.15) is 5.60 Å². The number of benzene rings is 1. The lowest BCUT2D eigenvalue weighted by Gasteiger charge is -2.36. The molecule has 1 heterocycles. The predicted molar refractivity (Wildman–Crippen MR) is 108 cm³/mol. The van der Waals surface area contributed by atoms with Crippen molar-refractivity contribution < 1.29 is 17.9 Å². The van der Waals surface area contributed by atoms with Crippen LogP contribution in [0.15, 0.2) is 29.7 Å². The molecule has 0 unspecified atom stereocenters. The first-order chi connectivity index (χ1) is 12.5. The zero-order chi connectivity index (χ0) is 20.2. The van der Waals surface area contributed by atoms with Crippen molar-refractivity contribution in [3.8, 4) is 0 Å². The number of likely N-dealkylation sites (tertiary alicyclic amines) is 1. The van der Waals surface area contributed by atoms with E-state index in [1.807, 2.05) is 20.8 Å². The number of hydrogen-bond donors (Lipinski definition) is 0. The van der Waals surface area contributed by atoms with Crippen molar-refractivity contribution in [2.24, 2.45) is 0 Å². The number of halogens is 1. The molecule has 0 radical (unpaired) electrons. The number of hydrogen-bond acceptors (Lipinski definition) is 4. The van der Waals surface area contributed by atoms with Crippen LogP contribution in [0, 0.1) is 0 Å². The van der Waals surface area contributed by atoms with Gasteiger partial charge in [0, 0.05) is 36.6 Å². The van der Waals surface area contributed by atoms with Crippen LogP contribution in [0.5, 0.6) is 0 Å². The van der Waals surface area contributed by atoms with Crippen molar-refractivity contribution in [1.82, 2.24) is 9.21 Å². The summed E-state index contributed by atoms with van der Waals surface area (Å²) in [5.41, 5.74) is 0.219. The Hall–Kier alpha value is -1.57. The van der Waals surface area contributed by atoms with Crippen molar-refractivity contribution in [3.05, 3.63) is 40.3 Å². The molecule has 0 spiro atoms. The number of carbonyl (C=O) groups excluding carboxylic acids is 1. The monoisotopic (exact) mass is 414 g/mol. The molecule has 1 aliphatic heterocycles. The maximum Gasteiger partial charge on any atom is 0.410 e. The summed E-state index contributed by atoms with van der Waals surface area (Å²) in [6.45, 7) is 6.42. The summed E-state index contributed by atoms with van der Waals surface area (Å²) in [5, 5.41) is 1.81. The zero-order valence-corrected chi connectivity index (χ0v) is 17.8. The minimum absolute atomic E-state index is 0.149. The van der Waals surface area contributed by atoms with Crippen LogP contribution in [-0.2, 0) is 14.8 Å². The van der Waals surface area contributed by atoms with Crippen LogP contribution in [0.1, 0.15) is 39.2 Å². The topological polar surface area (TPSA) is 66.9 Å². The van der Waals surface area contributed by atoms with E-state index in [4.69, 9.17) is 16.3 Å². The molecule has 1 aromatic rings. The third-order valence-corrected chi connectivity index (χ3v) is 6.17. The highest BCUT2D eigenvalue weighted by Gasteiger charge is 2.31. The molecular weight excluding hydrogens is 388 g/mol. The van der Waals surface area contributed by atoms with Gasteiger partial charge in [-0.15, -0.1) is 0 Å². The van der Waals surface area contributed by atoms with Gasteiger partial charge in [-0.1, -0.05) is 23.7 Å². The lowest BCUT2D eigenvalue weighted by Crippen LogP contribution is -2.48. The lowest BCUT2D eigenvalue weighted by atomic mass is 10.1. The first-order valence-electron chi connectivity index (χ1n) is 8.87. The minimum Gasteiger partial charge on any atom is -0.444 e. The fourth-order valence-corrected chi connectivity index (χ4v) is 4.05. The summed E-state index contributed by atoms with van der Waals surface area (Å²) in [6.07, 6.45) is 2.35. The molecule has 2 rings (SSSR count). The van der Waals surface area contributed by atoms with Gasteiger partial charge in [-0.2, -0.15) is 4.31 Å². The molecule has 150 valence electrons. The van der Waals surface area contributed by atoms with Crippen LogP contribution < -0.4 is 0 Å². The van der Waals surface area contributed by atoms with Crippen molar-refractivity contribution in [2.75, 3.05) is 20.1 Å². The Kier molecular flexibility index (Phi) is 6.94. The predicted octanol–water partition coefficient (Wildman–Crippen LogP) is 3.97. The van der Waals surface area contributed by atoms with Crippen LogP contribution in [0.25, 0.3) is 6.08 Å². The maximum atomic E-state index is 12.6. The Morgan fingerprint density at radius 2 is 1.78 bits per heavy atom. The minimum atomic E-state index is -3.55. The van der Waals surface area contributed by atoms with Crippen LogP contribution in [0.3, 0.4) is 0 Å². The van der Waals surface area contributed by atoms with E-state index in [9.17, 15) is 13.2 Å². The Bertz CT molecular complexity index is 777. The fraction of sp³-hybridized carbons (Fsp3) is 0.526. The van der Waals surface area contributed by atoms with Crippen LogP contribution in [-0.4, -0.2) is 55.5 Å². The summed E-state index contributed by atoms with van der Waals surface area (Å²) in [7, 11) is -1.97. The standard InChI is InChI=1S/C19H27ClN2O4S/c1-19(2,3)26-18(23)22-12-9-17(10-13-22)21(4)27(24,25)14-11-15-5-7-16(20)8-6-15/h5-8,11,14,17H,9-10,12-13H2,1-4H3. The Morgan fingerprint density at radius 1 is 1.22 bits per heavy atom. The quantitative estimate of drug-likeness (QED) is 0.747. The van der Waals surface area contributed by atoms with Gasteiger partial charge in [-0.05, 0) is 57.4 Å². The number of rotatable bonds is 4. The molecule has 0 aromatic heterocycles. The number of amides is 1. The molecule has 0 N–H and O–H groups in total. The second kappa shape index (κ2) is 8.63. The highest BCUT2D eigenvalue weighted by molar-refractivity contribution is 7.92. The van der Waals surface area contributed by atoms with Crippen molar-refractivity contribution in [3.63, 3.8) is 0 Å². The van der Waals surface area contributed by atoms with Crippen LogP contribution in [0.2, 0.25) is 5.02 Å². The third kappa shape index (κ3) is 6.52. The van der Waals surface area contributed by atoms with Crippen LogP contribution >= 0.6 is 11.6 Å². The van der Waals surface area contributed by atoms with E-state index in [0.29, 0.717) is 31.0 Å². The molecule has 27 heavy (non-hydrogen) atoms. The molecule has 0 aliphatic carbocycles. The molecule has 8 heteroatoms. The molecule has 6 nitrogen and oxygen atoms in total. The molecule has 1 saturated heterocycles. The summed E-state index contributed by atoms with van der Waals surface area (Å²) in [5.74, 6) is 0. The first kappa shape index (κ1) is 21.7. The fourth-order valence-electron chi connectivity index (χ4n) is 2.78. The highest BCUT2D eigenvalue weighted by atomic mass is 35.5. The number of sulfonamides is 1. The average molecular weight is 415 g/mol. The Morgan fingerprint density at radius 3 is 2.30 bits per heavy atom. The smallest absolute Gasteiger partial charge is 0.410 e.